The van der Waals surface area contributed by atoms with Crippen molar-refractivity contribution in [1.29, 1.82) is 0 Å². The molecule has 4 rings (SSSR count). The summed E-state index contributed by atoms with van der Waals surface area (Å²) in [7, 11) is 0. The van der Waals surface area contributed by atoms with Crippen LogP contribution in [-0.2, 0) is 4.74 Å². The maximum Gasteiger partial charge on any atom is 0.277 e. The van der Waals surface area contributed by atoms with E-state index in [-0.39, 0.29) is 18.1 Å². The fourth-order valence-electron chi connectivity index (χ4n) is 4.00. The molecular formula is C19H25N5O2. The summed E-state index contributed by atoms with van der Waals surface area (Å²) in [6, 6.07) is 10.1. The van der Waals surface area contributed by atoms with E-state index < -0.39 is 0 Å². The Morgan fingerprint density at radius 1 is 1.19 bits per heavy atom. The van der Waals surface area contributed by atoms with Crippen molar-refractivity contribution in [3.05, 3.63) is 47.3 Å². The first-order valence-electron chi connectivity index (χ1n) is 9.31. The Labute approximate surface area is 153 Å². The lowest BCUT2D eigenvalue weighted by Crippen LogP contribution is -2.51. The van der Waals surface area contributed by atoms with Crippen molar-refractivity contribution >= 4 is 5.91 Å². The molecule has 2 saturated heterocycles. The molecule has 1 aromatic carbocycles. The first-order chi connectivity index (χ1) is 12.7. The molecule has 0 radical (unpaired) electrons. The highest BCUT2D eigenvalue weighted by Gasteiger charge is 2.39. The summed E-state index contributed by atoms with van der Waals surface area (Å²) in [5.41, 5.74) is 2.13. The average Bonchev–Trinajstić information content (AvgIpc) is 3.33. The fourth-order valence-corrected chi connectivity index (χ4v) is 4.00. The molecule has 26 heavy (non-hydrogen) atoms. The van der Waals surface area contributed by atoms with Crippen LogP contribution in [0.5, 0.6) is 0 Å². The van der Waals surface area contributed by atoms with E-state index in [1.165, 1.54) is 12.8 Å². The van der Waals surface area contributed by atoms with Gasteiger partial charge in [-0.1, -0.05) is 30.3 Å². The molecule has 2 atom stereocenters. The number of aryl methyl sites for hydroxylation is 1. The number of ether oxygens (including phenoxy) is 1. The van der Waals surface area contributed by atoms with Crippen LogP contribution in [0.1, 0.15) is 40.6 Å². The predicted molar refractivity (Wildman–Crippen MR) is 96.8 cm³/mol. The van der Waals surface area contributed by atoms with Crippen LogP contribution in [0.3, 0.4) is 0 Å². The Bertz CT molecular complexity index is 741. The number of nitrogens with zero attached hydrogens (tertiary/aromatic N) is 4. The van der Waals surface area contributed by atoms with Gasteiger partial charge >= 0.3 is 0 Å². The van der Waals surface area contributed by atoms with E-state index in [4.69, 9.17) is 4.74 Å². The summed E-state index contributed by atoms with van der Waals surface area (Å²) in [6.45, 7) is 5.97. The Kier molecular flexibility index (Phi) is 4.99. The van der Waals surface area contributed by atoms with Gasteiger partial charge in [-0.15, -0.1) is 0 Å². The summed E-state index contributed by atoms with van der Waals surface area (Å²) in [5.74, 6) is -0.0835. The Morgan fingerprint density at radius 3 is 2.65 bits per heavy atom. The van der Waals surface area contributed by atoms with Crippen molar-refractivity contribution in [3.63, 3.8) is 0 Å². The molecule has 0 aliphatic carbocycles. The van der Waals surface area contributed by atoms with Crippen LogP contribution in [-0.4, -0.2) is 70.0 Å². The van der Waals surface area contributed by atoms with Gasteiger partial charge in [0.2, 0.25) is 0 Å². The molecule has 1 N–H and O–H groups in total. The minimum atomic E-state index is -0.117. The largest absolute Gasteiger partial charge is 0.373 e. The quantitative estimate of drug-likeness (QED) is 0.905. The van der Waals surface area contributed by atoms with Crippen molar-refractivity contribution in [3.8, 4) is 0 Å². The van der Waals surface area contributed by atoms with Gasteiger partial charge in [0, 0.05) is 13.1 Å². The summed E-state index contributed by atoms with van der Waals surface area (Å²) < 4.78 is 6.16. The zero-order valence-electron chi connectivity index (χ0n) is 15.1. The second-order valence-electron chi connectivity index (χ2n) is 7.03. The second-order valence-corrected chi connectivity index (χ2v) is 7.03. The number of H-pyrrole nitrogens is 1. The summed E-state index contributed by atoms with van der Waals surface area (Å²) in [5, 5.41) is 10.6. The van der Waals surface area contributed by atoms with Crippen LogP contribution in [0, 0.1) is 6.92 Å². The minimum Gasteiger partial charge on any atom is -0.373 e. The third-order valence-corrected chi connectivity index (χ3v) is 5.32. The summed E-state index contributed by atoms with van der Waals surface area (Å²) in [4.78, 5) is 17.5. The molecule has 7 nitrogen and oxygen atoms in total. The molecule has 2 aromatic rings. The summed E-state index contributed by atoms with van der Waals surface area (Å²) in [6.07, 6.45) is 2.44. The number of hydrogen-bond donors (Lipinski definition) is 1. The molecule has 3 heterocycles. The van der Waals surface area contributed by atoms with Gasteiger partial charge in [-0.25, -0.2) is 0 Å². The van der Waals surface area contributed by atoms with Crippen molar-refractivity contribution in [2.24, 2.45) is 0 Å². The summed E-state index contributed by atoms with van der Waals surface area (Å²) >= 11 is 0. The molecule has 0 unspecified atom stereocenters. The average molecular weight is 355 g/mol. The predicted octanol–water partition coefficient (Wildman–Crippen LogP) is 1.79. The molecule has 2 fully saturated rings. The zero-order valence-corrected chi connectivity index (χ0v) is 15.1. The molecule has 0 spiro atoms. The van der Waals surface area contributed by atoms with Crippen LogP contribution in [0.15, 0.2) is 30.3 Å². The maximum atomic E-state index is 13.2. The van der Waals surface area contributed by atoms with Gasteiger partial charge in [-0.3, -0.25) is 4.79 Å². The number of benzene rings is 1. The maximum absolute atomic E-state index is 13.2. The standard InChI is InChI=1S/C19H25N5O2/c1-14-17(21-22-20-14)19(25)24-11-12-26-16(13-23-9-5-6-10-23)18(24)15-7-3-2-4-8-15/h2-4,7-8,16,18H,5-6,9-13H2,1H3,(H,20,21,22)/t16-,18-/m0/s1. The van der Waals surface area contributed by atoms with Crippen LogP contribution >= 0.6 is 0 Å². The monoisotopic (exact) mass is 355 g/mol. The Balaban J connectivity index is 1.64. The smallest absolute Gasteiger partial charge is 0.277 e. The molecule has 7 heteroatoms. The van der Waals surface area contributed by atoms with E-state index in [9.17, 15) is 4.79 Å². The lowest BCUT2D eigenvalue weighted by Gasteiger charge is -2.42. The van der Waals surface area contributed by atoms with Crippen LogP contribution in [0.4, 0.5) is 0 Å². The normalized spacial score (nSPS) is 24.1. The van der Waals surface area contributed by atoms with Crippen molar-refractivity contribution < 1.29 is 9.53 Å². The minimum absolute atomic E-state index is 0.0413. The van der Waals surface area contributed by atoms with Gasteiger partial charge in [-0.05, 0) is 38.4 Å². The van der Waals surface area contributed by atoms with E-state index in [1.807, 2.05) is 23.1 Å². The highest BCUT2D eigenvalue weighted by molar-refractivity contribution is 5.93. The third-order valence-electron chi connectivity index (χ3n) is 5.32. The topological polar surface area (TPSA) is 74.3 Å². The van der Waals surface area contributed by atoms with Gasteiger partial charge in [-0.2, -0.15) is 15.4 Å². The van der Waals surface area contributed by atoms with E-state index in [2.05, 4.69) is 32.4 Å². The lowest BCUT2D eigenvalue weighted by atomic mass is 9.97. The van der Waals surface area contributed by atoms with Crippen molar-refractivity contribution in [2.75, 3.05) is 32.8 Å². The molecule has 138 valence electrons. The number of carbonyl (C=O) groups excluding carboxylic acids is 1. The van der Waals surface area contributed by atoms with Gasteiger partial charge in [0.1, 0.15) is 0 Å². The molecule has 2 aliphatic heterocycles. The van der Waals surface area contributed by atoms with Gasteiger partial charge in [0.05, 0.1) is 24.4 Å². The first-order valence-corrected chi connectivity index (χ1v) is 9.31. The SMILES string of the molecule is Cc1n[nH]nc1C(=O)N1CCO[C@@H](CN2CCCC2)[C@@H]1c1ccccc1. The zero-order chi connectivity index (χ0) is 17.9. The number of amides is 1. The molecule has 0 saturated carbocycles. The van der Waals surface area contributed by atoms with Crippen LogP contribution in [0.25, 0.3) is 0 Å². The van der Waals surface area contributed by atoms with E-state index >= 15 is 0 Å². The Hall–Kier alpha value is -2.25. The third kappa shape index (κ3) is 3.37. The number of rotatable bonds is 4. The number of hydrogen-bond acceptors (Lipinski definition) is 5. The fraction of sp³-hybridized carbons (Fsp3) is 0.526. The van der Waals surface area contributed by atoms with E-state index in [0.717, 1.165) is 25.2 Å². The lowest BCUT2D eigenvalue weighted by molar-refractivity contribution is -0.0708. The van der Waals surface area contributed by atoms with Crippen molar-refractivity contribution in [2.45, 2.75) is 31.9 Å². The van der Waals surface area contributed by atoms with Gasteiger partial charge < -0.3 is 14.5 Å². The number of morpholine rings is 1. The van der Waals surface area contributed by atoms with Gasteiger partial charge in [0.15, 0.2) is 5.69 Å². The van der Waals surface area contributed by atoms with Crippen LogP contribution in [0.2, 0.25) is 0 Å². The molecule has 0 bridgehead atoms. The van der Waals surface area contributed by atoms with E-state index in [0.29, 0.717) is 24.5 Å². The molecular weight excluding hydrogens is 330 g/mol. The molecule has 1 aromatic heterocycles. The van der Waals surface area contributed by atoms with Gasteiger partial charge in [0.25, 0.3) is 5.91 Å². The number of nitrogens with one attached hydrogen (secondary N) is 1. The number of carbonyl (C=O) groups is 1. The molecule has 1 amide bonds. The molecule has 2 aliphatic rings. The Morgan fingerprint density at radius 2 is 1.96 bits per heavy atom. The van der Waals surface area contributed by atoms with Crippen LogP contribution < -0.4 is 0 Å². The second kappa shape index (κ2) is 7.55. The highest BCUT2D eigenvalue weighted by Crippen LogP contribution is 2.32. The number of aromatic nitrogens is 3. The number of likely N-dealkylation sites (tertiary alicyclic amines) is 1. The van der Waals surface area contributed by atoms with E-state index in [1.54, 1.807) is 6.92 Å². The highest BCUT2D eigenvalue weighted by atomic mass is 16.5. The number of aromatic amines is 1. The van der Waals surface area contributed by atoms with Crippen molar-refractivity contribution in [1.82, 2.24) is 25.2 Å². The first kappa shape index (κ1) is 17.2.